The largest absolute Gasteiger partial charge is 0.384 e. The van der Waals surface area contributed by atoms with E-state index in [0.29, 0.717) is 0 Å². The van der Waals surface area contributed by atoms with Gasteiger partial charge in [-0.15, -0.1) is 0 Å². The van der Waals surface area contributed by atoms with Crippen molar-refractivity contribution in [3.63, 3.8) is 0 Å². The molecule has 0 aliphatic carbocycles. The lowest BCUT2D eigenvalue weighted by Gasteiger charge is -2.25. The second-order valence-corrected chi connectivity index (χ2v) is 6.46. The predicted molar refractivity (Wildman–Crippen MR) is 91.5 cm³/mol. The van der Waals surface area contributed by atoms with Gasteiger partial charge in [-0.3, -0.25) is 4.79 Å². The second kappa shape index (κ2) is 6.44. The molecule has 1 aromatic carbocycles. The molecule has 0 saturated carbocycles. The molecule has 5 heteroatoms. The summed E-state index contributed by atoms with van der Waals surface area (Å²) in [4.78, 5) is 17.3. The van der Waals surface area contributed by atoms with E-state index >= 15 is 0 Å². The highest BCUT2D eigenvalue weighted by Crippen LogP contribution is 2.27. The molecule has 3 rings (SSSR count). The number of rotatable bonds is 4. The number of nitrogens with one attached hydrogen (secondary N) is 2. The monoisotopic (exact) mass is 312 g/mol. The van der Waals surface area contributed by atoms with E-state index in [1.165, 1.54) is 5.56 Å². The van der Waals surface area contributed by atoms with Gasteiger partial charge in [0.15, 0.2) is 0 Å². The van der Waals surface area contributed by atoms with E-state index < -0.39 is 0 Å². The summed E-state index contributed by atoms with van der Waals surface area (Å²) < 4.78 is 1.96. The van der Waals surface area contributed by atoms with Gasteiger partial charge in [-0.25, -0.2) is 4.98 Å². The number of hydrogen-bond donors (Lipinski definition) is 2. The maximum absolute atomic E-state index is 12.8. The molecule has 2 N–H and O–H groups in total. The van der Waals surface area contributed by atoms with Gasteiger partial charge in [-0.1, -0.05) is 26.0 Å². The van der Waals surface area contributed by atoms with Crippen molar-refractivity contribution in [2.24, 2.45) is 13.0 Å². The Morgan fingerprint density at radius 3 is 2.91 bits per heavy atom. The minimum atomic E-state index is -0.109. The van der Waals surface area contributed by atoms with Crippen molar-refractivity contribution in [2.45, 2.75) is 32.7 Å². The molecule has 122 valence electrons. The molecule has 5 nitrogen and oxygen atoms in total. The highest BCUT2D eigenvalue weighted by atomic mass is 16.1. The zero-order chi connectivity index (χ0) is 16.4. The van der Waals surface area contributed by atoms with Crippen LogP contribution in [0.5, 0.6) is 0 Å². The Labute approximate surface area is 137 Å². The molecular formula is C18H24N4O. The minimum Gasteiger partial charge on any atom is -0.384 e. The van der Waals surface area contributed by atoms with Crippen molar-refractivity contribution in [1.29, 1.82) is 0 Å². The fourth-order valence-corrected chi connectivity index (χ4v) is 3.12. The third-order valence-corrected chi connectivity index (χ3v) is 4.41. The first kappa shape index (κ1) is 15.6. The molecule has 1 amide bonds. The first-order valence-corrected chi connectivity index (χ1v) is 8.21. The summed E-state index contributed by atoms with van der Waals surface area (Å²) >= 11 is 0. The van der Waals surface area contributed by atoms with Crippen molar-refractivity contribution in [3.8, 4) is 0 Å². The first-order chi connectivity index (χ1) is 11.1. The van der Waals surface area contributed by atoms with Gasteiger partial charge in [0, 0.05) is 26.0 Å². The van der Waals surface area contributed by atoms with Crippen molar-refractivity contribution < 1.29 is 4.79 Å². The Morgan fingerprint density at radius 2 is 2.22 bits per heavy atom. The highest BCUT2D eigenvalue weighted by Gasteiger charge is 2.24. The third-order valence-electron chi connectivity index (χ3n) is 4.41. The summed E-state index contributed by atoms with van der Waals surface area (Å²) in [5, 5.41) is 6.54. The van der Waals surface area contributed by atoms with Crippen LogP contribution in [0.25, 0.3) is 0 Å². The number of aromatic nitrogens is 2. The molecule has 23 heavy (non-hydrogen) atoms. The number of benzene rings is 1. The molecule has 0 radical (unpaired) electrons. The standard InChI is InChI=1S/C18H24N4O/c1-12(2)15(17-20-10-11-22(17)3)21-18(23)14-8-4-6-13-7-5-9-19-16(13)14/h4,6,8,10-12,15,19H,5,7,9H2,1-3H3,(H,21,23). The van der Waals surface area contributed by atoms with Crippen molar-refractivity contribution in [2.75, 3.05) is 11.9 Å². The van der Waals surface area contributed by atoms with Crippen LogP contribution in [0.3, 0.4) is 0 Å². The molecule has 0 spiro atoms. The van der Waals surface area contributed by atoms with Crippen LogP contribution < -0.4 is 10.6 Å². The number of anilines is 1. The Kier molecular flexibility index (Phi) is 4.37. The fraction of sp³-hybridized carbons (Fsp3) is 0.444. The second-order valence-electron chi connectivity index (χ2n) is 6.46. The molecule has 1 unspecified atom stereocenters. The van der Waals surface area contributed by atoms with Crippen LogP contribution in [0.1, 0.15) is 48.1 Å². The molecular weight excluding hydrogens is 288 g/mol. The lowest BCUT2D eigenvalue weighted by molar-refractivity contribution is 0.0923. The van der Waals surface area contributed by atoms with Gasteiger partial charge in [-0.05, 0) is 30.4 Å². The number of carbonyl (C=O) groups is 1. The number of para-hydroxylation sites is 1. The van der Waals surface area contributed by atoms with E-state index in [-0.39, 0.29) is 17.9 Å². The quantitative estimate of drug-likeness (QED) is 0.912. The molecule has 2 heterocycles. The molecule has 1 aliphatic heterocycles. The van der Waals surface area contributed by atoms with Gasteiger partial charge in [0.25, 0.3) is 5.91 Å². The maximum Gasteiger partial charge on any atom is 0.253 e. The Bertz CT molecular complexity index is 705. The molecule has 0 fully saturated rings. The molecule has 0 saturated heterocycles. The van der Waals surface area contributed by atoms with Crippen LogP contribution in [0.2, 0.25) is 0 Å². The topological polar surface area (TPSA) is 59.0 Å². The molecule has 2 aromatic rings. The number of fused-ring (bicyclic) bond motifs is 1. The summed E-state index contributed by atoms with van der Waals surface area (Å²) in [5.74, 6) is 1.09. The average molecular weight is 312 g/mol. The summed E-state index contributed by atoms with van der Waals surface area (Å²) in [6.45, 7) is 5.11. The Morgan fingerprint density at radius 1 is 1.39 bits per heavy atom. The molecule has 1 aliphatic rings. The van der Waals surface area contributed by atoms with Crippen LogP contribution in [-0.2, 0) is 13.5 Å². The number of nitrogens with zero attached hydrogens (tertiary/aromatic N) is 2. The molecule has 1 aromatic heterocycles. The Balaban J connectivity index is 1.87. The van der Waals surface area contributed by atoms with Crippen LogP contribution in [-0.4, -0.2) is 22.0 Å². The van der Waals surface area contributed by atoms with Crippen molar-refractivity contribution >= 4 is 11.6 Å². The average Bonchev–Trinajstić information content (AvgIpc) is 2.97. The highest BCUT2D eigenvalue weighted by molar-refractivity contribution is 6.00. The number of hydrogen-bond acceptors (Lipinski definition) is 3. The van der Waals surface area contributed by atoms with Crippen LogP contribution >= 0.6 is 0 Å². The maximum atomic E-state index is 12.8. The van der Waals surface area contributed by atoms with E-state index in [2.05, 4.69) is 35.5 Å². The summed E-state index contributed by atoms with van der Waals surface area (Å²) in [5.41, 5.74) is 2.93. The number of aryl methyl sites for hydroxylation is 2. The van der Waals surface area contributed by atoms with Crippen molar-refractivity contribution in [1.82, 2.24) is 14.9 Å². The molecule has 1 atom stereocenters. The zero-order valence-electron chi connectivity index (χ0n) is 14.0. The first-order valence-electron chi connectivity index (χ1n) is 8.21. The van der Waals surface area contributed by atoms with Gasteiger partial charge in [0.1, 0.15) is 5.82 Å². The minimum absolute atomic E-state index is 0.0436. The number of imidazole rings is 1. The van der Waals surface area contributed by atoms with Gasteiger partial charge < -0.3 is 15.2 Å². The number of carbonyl (C=O) groups excluding carboxylic acids is 1. The number of amides is 1. The van der Waals surface area contributed by atoms with E-state index in [9.17, 15) is 4.79 Å². The summed E-state index contributed by atoms with van der Waals surface area (Å²) in [6, 6.07) is 5.84. The summed E-state index contributed by atoms with van der Waals surface area (Å²) in [7, 11) is 1.95. The lowest BCUT2D eigenvalue weighted by Crippen LogP contribution is -2.34. The summed E-state index contributed by atoms with van der Waals surface area (Å²) in [6.07, 6.45) is 5.81. The molecule has 0 bridgehead atoms. The van der Waals surface area contributed by atoms with Gasteiger partial charge in [0.2, 0.25) is 0 Å². The van der Waals surface area contributed by atoms with Gasteiger partial charge >= 0.3 is 0 Å². The van der Waals surface area contributed by atoms with Gasteiger partial charge in [-0.2, -0.15) is 0 Å². The fourth-order valence-electron chi connectivity index (χ4n) is 3.12. The van der Waals surface area contributed by atoms with Crippen LogP contribution in [0.15, 0.2) is 30.6 Å². The van der Waals surface area contributed by atoms with E-state index in [1.807, 2.05) is 29.9 Å². The van der Waals surface area contributed by atoms with Crippen LogP contribution in [0.4, 0.5) is 5.69 Å². The van der Waals surface area contributed by atoms with Crippen LogP contribution in [0, 0.1) is 5.92 Å². The van der Waals surface area contributed by atoms with E-state index in [1.54, 1.807) is 6.20 Å². The van der Waals surface area contributed by atoms with E-state index in [0.717, 1.165) is 36.5 Å². The SMILES string of the molecule is CC(C)C(NC(=O)c1cccc2c1NCCC2)c1nccn1C. The smallest absolute Gasteiger partial charge is 0.253 e. The van der Waals surface area contributed by atoms with Gasteiger partial charge in [0.05, 0.1) is 17.3 Å². The lowest BCUT2D eigenvalue weighted by atomic mass is 9.98. The zero-order valence-corrected chi connectivity index (χ0v) is 14.0. The van der Waals surface area contributed by atoms with E-state index in [4.69, 9.17) is 0 Å². The van der Waals surface area contributed by atoms with Crippen molar-refractivity contribution in [3.05, 3.63) is 47.5 Å². The predicted octanol–water partition coefficient (Wildman–Crippen LogP) is 2.91. The normalized spacial score (nSPS) is 15.0. The third kappa shape index (κ3) is 3.09. The Hall–Kier alpha value is -2.30.